The van der Waals surface area contributed by atoms with Gasteiger partial charge in [-0.05, 0) is 76.3 Å². The Hall–Kier alpha value is -2.80. The minimum Gasteiger partial charge on any atom is -0.336 e. The number of nitrogens with one attached hydrogen (secondary N) is 1. The molecule has 33 heavy (non-hydrogen) atoms. The number of hydrogen-bond acceptors (Lipinski definition) is 4. The Bertz CT molecular complexity index is 1160. The van der Waals surface area contributed by atoms with E-state index in [1.54, 1.807) is 0 Å². The number of hydrogen-bond donors (Lipinski definition) is 1. The Morgan fingerprint density at radius 3 is 2.55 bits per heavy atom. The highest BCUT2D eigenvalue weighted by atomic mass is 32.2. The zero-order valence-electron chi connectivity index (χ0n) is 19.8. The molecule has 7 heteroatoms. The lowest BCUT2D eigenvalue weighted by Crippen LogP contribution is -2.48. The van der Waals surface area contributed by atoms with Crippen LogP contribution in [0.5, 0.6) is 0 Å². The molecule has 0 bridgehead atoms. The molecule has 2 heterocycles. The summed E-state index contributed by atoms with van der Waals surface area (Å²) in [4.78, 5) is 32.8. The van der Waals surface area contributed by atoms with Crippen LogP contribution in [0.2, 0.25) is 0 Å². The number of carbonyl (C=O) groups excluding carboxylic acids is 2. The number of amides is 2. The Morgan fingerprint density at radius 2 is 1.79 bits per heavy atom. The van der Waals surface area contributed by atoms with Crippen molar-refractivity contribution in [2.75, 3.05) is 11.1 Å². The number of anilines is 1. The molecule has 2 amide bonds. The number of aromatic nitrogens is 2. The van der Waals surface area contributed by atoms with Crippen LogP contribution in [0.4, 0.5) is 5.69 Å². The van der Waals surface area contributed by atoms with Gasteiger partial charge in [-0.3, -0.25) is 9.59 Å². The first-order valence-corrected chi connectivity index (χ1v) is 12.6. The number of fused-ring (bicyclic) bond motifs is 1. The molecule has 2 aromatic carbocycles. The molecule has 1 fully saturated rings. The second-order valence-electron chi connectivity index (χ2n) is 8.98. The van der Waals surface area contributed by atoms with Crippen LogP contribution >= 0.6 is 11.8 Å². The summed E-state index contributed by atoms with van der Waals surface area (Å²) in [6.07, 6.45) is 3.25. The number of rotatable bonds is 6. The van der Waals surface area contributed by atoms with Gasteiger partial charge < -0.3 is 14.8 Å². The quantitative estimate of drug-likeness (QED) is 0.511. The number of thioether (sulfide) groups is 1. The molecule has 1 aliphatic heterocycles. The summed E-state index contributed by atoms with van der Waals surface area (Å²) < 4.78 is 1.96. The summed E-state index contributed by atoms with van der Waals surface area (Å²) in [6.45, 7) is 8.53. The highest BCUT2D eigenvalue weighted by Crippen LogP contribution is 2.27. The van der Waals surface area contributed by atoms with Crippen molar-refractivity contribution in [1.82, 2.24) is 14.5 Å². The Morgan fingerprint density at radius 1 is 1.06 bits per heavy atom. The van der Waals surface area contributed by atoms with E-state index in [-0.39, 0.29) is 36.2 Å². The Labute approximate surface area is 199 Å². The summed E-state index contributed by atoms with van der Waals surface area (Å²) in [5, 5.41) is 3.70. The van der Waals surface area contributed by atoms with Crippen LogP contribution in [0.15, 0.2) is 47.6 Å². The summed E-state index contributed by atoms with van der Waals surface area (Å²) in [5.74, 6) is 0.248. The van der Waals surface area contributed by atoms with Gasteiger partial charge in [0, 0.05) is 17.8 Å². The van der Waals surface area contributed by atoms with E-state index < -0.39 is 0 Å². The van der Waals surface area contributed by atoms with Crippen molar-refractivity contribution in [3.63, 3.8) is 0 Å². The largest absolute Gasteiger partial charge is 0.336 e. The molecule has 0 unspecified atom stereocenters. The zero-order chi connectivity index (χ0) is 23.5. The number of nitrogens with zero attached hydrogens (tertiary/aromatic N) is 3. The third kappa shape index (κ3) is 5.08. The second kappa shape index (κ2) is 10.00. The maximum Gasteiger partial charge on any atom is 0.243 e. The van der Waals surface area contributed by atoms with Gasteiger partial charge >= 0.3 is 0 Å². The third-order valence-electron chi connectivity index (χ3n) is 6.61. The van der Waals surface area contributed by atoms with Crippen LogP contribution in [-0.2, 0) is 16.1 Å². The van der Waals surface area contributed by atoms with Crippen LogP contribution in [-0.4, -0.2) is 44.1 Å². The summed E-state index contributed by atoms with van der Waals surface area (Å²) >= 11 is 1.37. The maximum absolute atomic E-state index is 13.3. The molecule has 0 aliphatic carbocycles. The number of carbonyl (C=O) groups is 2. The monoisotopic (exact) mass is 464 g/mol. The average molecular weight is 465 g/mol. The zero-order valence-corrected chi connectivity index (χ0v) is 20.6. The molecule has 3 aromatic rings. The average Bonchev–Trinajstić information content (AvgIpc) is 3.13. The smallest absolute Gasteiger partial charge is 0.243 e. The summed E-state index contributed by atoms with van der Waals surface area (Å²) in [5.41, 5.74) is 4.79. The van der Waals surface area contributed by atoms with E-state index in [9.17, 15) is 9.59 Å². The van der Waals surface area contributed by atoms with Crippen LogP contribution in [0.1, 0.15) is 44.2 Å². The lowest BCUT2D eigenvalue weighted by Gasteiger charge is -2.39. The molecule has 1 aliphatic rings. The van der Waals surface area contributed by atoms with E-state index in [2.05, 4.69) is 19.2 Å². The Kier molecular flexibility index (Phi) is 7.08. The van der Waals surface area contributed by atoms with Gasteiger partial charge in [-0.15, -0.1) is 0 Å². The van der Waals surface area contributed by atoms with E-state index in [0.717, 1.165) is 47.1 Å². The molecule has 174 valence electrons. The number of likely N-dealkylation sites (tertiary alicyclic amines) is 1. The predicted molar refractivity (Wildman–Crippen MR) is 135 cm³/mol. The number of benzene rings is 2. The van der Waals surface area contributed by atoms with Crippen LogP contribution < -0.4 is 5.32 Å². The lowest BCUT2D eigenvalue weighted by molar-refractivity contribution is -0.138. The predicted octanol–water partition coefficient (Wildman–Crippen LogP) is 5.17. The minimum absolute atomic E-state index is 0.0862. The van der Waals surface area contributed by atoms with Crippen LogP contribution in [0.3, 0.4) is 0 Å². The van der Waals surface area contributed by atoms with Gasteiger partial charge in [0.15, 0.2) is 5.16 Å². The van der Waals surface area contributed by atoms with Gasteiger partial charge in [-0.25, -0.2) is 4.98 Å². The standard InChI is InChI=1S/C26H32N4O2S/c1-17-9-7-13-21(20(17)4)27-24(31)16-33-26-28-22-12-5-6-14-23(22)29(26)15-25(32)30-18(2)10-8-11-19(30)3/h5-7,9,12-14,18-19H,8,10-11,15-16H2,1-4H3,(H,27,31)/t18-,19-/m0/s1. The Balaban J connectivity index is 1.52. The van der Waals surface area contributed by atoms with E-state index in [1.807, 2.05) is 65.8 Å². The van der Waals surface area contributed by atoms with Gasteiger partial charge in [-0.1, -0.05) is 36.0 Å². The first-order valence-electron chi connectivity index (χ1n) is 11.6. The topological polar surface area (TPSA) is 67.2 Å². The fraction of sp³-hybridized carbons (Fsp3) is 0.423. The van der Waals surface area contributed by atoms with Crippen molar-refractivity contribution in [1.29, 1.82) is 0 Å². The first kappa shape index (κ1) is 23.4. The number of aryl methyl sites for hydroxylation is 1. The molecular formula is C26H32N4O2S. The number of imidazole rings is 1. The molecule has 0 radical (unpaired) electrons. The third-order valence-corrected chi connectivity index (χ3v) is 7.58. The molecular weight excluding hydrogens is 432 g/mol. The van der Waals surface area contributed by atoms with Crippen molar-refractivity contribution in [3.05, 3.63) is 53.6 Å². The second-order valence-corrected chi connectivity index (χ2v) is 9.93. The van der Waals surface area contributed by atoms with Crippen molar-refractivity contribution < 1.29 is 9.59 Å². The van der Waals surface area contributed by atoms with Crippen molar-refractivity contribution >= 4 is 40.3 Å². The highest BCUT2D eigenvalue weighted by molar-refractivity contribution is 7.99. The molecule has 2 atom stereocenters. The van der Waals surface area contributed by atoms with Crippen molar-refractivity contribution in [3.8, 4) is 0 Å². The SMILES string of the molecule is Cc1cccc(NC(=O)CSc2nc3ccccc3n2CC(=O)N2[C@@H](C)CCC[C@@H]2C)c1C. The highest BCUT2D eigenvalue weighted by Gasteiger charge is 2.29. The van der Waals surface area contributed by atoms with Gasteiger partial charge in [0.25, 0.3) is 0 Å². The summed E-state index contributed by atoms with van der Waals surface area (Å²) in [7, 11) is 0. The maximum atomic E-state index is 13.3. The fourth-order valence-electron chi connectivity index (χ4n) is 4.65. The van der Waals surface area contributed by atoms with Crippen LogP contribution in [0.25, 0.3) is 11.0 Å². The van der Waals surface area contributed by atoms with E-state index in [0.29, 0.717) is 5.16 Å². The number of piperidine rings is 1. The van der Waals surface area contributed by atoms with Gasteiger partial charge in [0.1, 0.15) is 6.54 Å². The molecule has 0 spiro atoms. The summed E-state index contributed by atoms with van der Waals surface area (Å²) in [6, 6.07) is 14.2. The normalized spacial score (nSPS) is 18.5. The first-order chi connectivity index (χ1) is 15.8. The van der Waals surface area contributed by atoms with Gasteiger partial charge in [0.05, 0.1) is 16.8 Å². The van der Waals surface area contributed by atoms with Crippen molar-refractivity contribution in [2.24, 2.45) is 0 Å². The minimum atomic E-state index is -0.0862. The molecule has 0 saturated carbocycles. The van der Waals surface area contributed by atoms with E-state index in [4.69, 9.17) is 4.98 Å². The van der Waals surface area contributed by atoms with Gasteiger partial charge in [0.2, 0.25) is 11.8 Å². The lowest BCUT2D eigenvalue weighted by atomic mass is 9.97. The number of para-hydroxylation sites is 2. The van der Waals surface area contributed by atoms with E-state index in [1.165, 1.54) is 11.8 Å². The van der Waals surface area contributed by atoms with Crippen LogP contribution in [0, 0.1) is 13.8 Å². The molecule has 1 aromatic heterocycles. The molecule has 4 rings (SSSR count). The van der Waals surface area contributed by atoms with E-state index >= 15 is 0 Å². The fourth-order valence-corrected chi connectivity index (χ4v) is 5.46. The van der Waals surface area contributed by atoms with Gasteiger partial charge in [-0.2, -0.15) is 0 Å². The molecule has 1 N–H and O–H groups in total. The molecule has 1 saturated heterocycles. The molecule has 6 nitrogen and oxygen atoms in total. The van der Waals surface area contributed by atoms with Crippen molar-refractivity contribution in [2.45, 2.75) is 70.7 Å².